The number of benzene rings is 3. The summed E-state index contributed by atoms with van der Waals surface area (Å²) >= 11 is 12.7. The van der Waals surface area contributed by atoms with Gasteiger partial charge in [-0.25, -0.2) is 9.97 Å². The molecule has 1 aliphatic heterocycles. The number of hydrogen-bond donors (Lipinski definition) is 1. The number of para-hydroxylation sites is 2. The second kappa shape index (κ2) is 9.45. The maximum atomic E-state index is 6.43. The highest BCUT2D eigenvalue weighted by Crippen LogP contribution is 2.34. The Labute approximate surface area is 218 Å². The highest BCUT2D eigenvalue weighted by Gasteiger charge is 2.20. The van der Waals surface area contributed by atoms with E-state index in [1.165, 1.54) is 6.42 Å². The Kier molecular flexibility index (Phi) is 5.99. The van der Waals surface area contributed by atoms with Crippen molar-refractivity contribution in [2.24, 2.45) is 4.99 Å². The van der Waals surface area contributed by atoms with E-state index in [1.807, 2.05) is 54.6 Å². The van der Waals surface area contributed by atoms with Crippen LogP contribution in [0.1, 0.15) is 19.3 Å². The third-order valence-electron chi connectivity index (χ3n) is 6.49. The molecular formula is C28H23Cl2N5O. The molecule has 3 aromatic rings. The number of nitrogens with zero attached hydrogens (tertiary/aromatic N) is 4. The zero-order chi connectivity index (χ0) is 24.6. The molecule has 0 atom stereocenters. The van der Waals surface area contributed by atoms with Crippen molar-refractivity contribution in [3.8, 4) is 23.0 Å². The maximum absolute atomic E-state index is 6.43. The molecule has 0 spiro atoms. The number of rotatable bonds is 5. The van der Waals surface area contributed by atoms with Gasteiger partial charge in [-0.05, 0) is 73.9 Å². The number of aromatic nitrogens is 3. The molecule has 0 unspecified atom stereocenters. The van der Waals surface area contributed by atoms with Gasteiger partial charge in [0, 0.05) is 11.9 Å². The van der Waals surface area contributed by atoms with E-state index in [0.717, 1.165) is 57.7 Å². The van der Waals surface area contributed by atoms with Crippen molar-refractivity contribution >= 4 is 45.6 Å². The lowest BCUT2D eigenvalue weighted by Crippen LogP contribution is -2.22. The predicted molar refractivity (Wildman–Crippen MR) is 145 cm³/mol. The van der Waals surface area contributed by atoms with Gasteiger partial charge in [-0.15, -0.1) is 0 Å². The summed E-state index contributed by atoms with van der Waals surface area (Å²) in [6.07, 6.45) is 5.10. The van der Waals surface area contributed by atoms with Crippen LogP contribution in [0.15, 0.2) is 77.9 Å². The Hall–Kier alpha value is -3.61. The second-order valence-electron chi connectivity index (χ2n) is 8.79. The first-order valence-electron chi connectivity index (χ1n) is 11.8. The zero-order valence-electron chi connectivity index (χ0n) is 19.6. The van der Waals surface area contributed by atoms with E-state index in [1.54, 1.807) is 13.3 Å². The molecule has 1 saturated carbocycles. The van der Waals surface area contributed by atoms with Crippen molar-refractivity contribution in [1.82, 2.24) is 14.5 Å². The highest BCUT2D eigenvalue weighted by atomic mass is 35.5. The summed E-state index contributed by atoms with van der Waals surface area (Å²) in [6, 6.07) is 22.0. The smallest absolute Gasteiger partial charge is 0.237 e. The van der Waals surface area contributed by atoms with E-state index in [9.17, 15) is 0 Å². The van der Waals surface area contributed by atoms with Gasteiger partial charge in [-0.3, -0.25) is 4.99 Å². The molecule has 1 N–H and O–H groups in total. The molecule has 2 aliphatic carbocycles. The monoisotopic (exact) mass is 515 g/mol. The van der Waals surface area contributed by atoms with Gasteiger partial charge in [-0.2, -0.15) is 0 Å². The van der Waals surface area contributed by atoms with Crippen molar-refractivity contribution < 1.29 is 4.74 Å². The average Bonchev–Trinajstić information content (AvgIpc) is 2.87. The van der Waals surface area contributed by atoms with Crippen LogP contribution in [0.3, 0.4) is 0 Å². The fourth-order valence-electron chi connectivity index (χ4n) is 4.46. The molecule has 0 bridgehead atoms. The lowest BCUT2D eigenvalue weighted by Gasteiger charge is -2.23. The summed E-state index contributed by atoms with van der Waals surface area (Å²) in [5.41, 5.74) is 6.09. The van der Waals surface area contributed by atoms with Crippen LogP contribution in [0, 0.1) is 0 Å². The van der Waals surface area contributed by atoms with Gasteiger partial charge in [0.1, 0.15) is 5.69 Å². The largest absolute Gasteiger partial charge is 0.480 e. The van der Waals surface area contributed by atoms with E-state index in [4.69, 9.17) is 37.9 Å². The molecule has 0 radical (unpaired) electrons. The minimum Gasteiger partial charge on any atom is -0.480 e. The number of halogens is 2. The van der Waals surface area contributed by atoms with Crippen LogP contribution < -0.4 is 15.4 Å². The molecule has 1 aromatic heterocycles. The van der Waals surface area contributed by atoms with Gasteiger partial charge >= 0.3 is 0 Å². The molecule has 8 heteroatoms. The predicted octanol–water partition coefficient (Wildman–Crippen LogP) is 7.04. The molecule has 3 aliphatic rings. The summed E-state index contributed by atoms with van der Waals surface area (Å²) < 4.78 is 7.63. The lowest BCUT2D eigenvalue weighted by molar-refractivity contribution is 0.400. The van der Waals surface area contributed by atoms with Gasteiger partial charge < -0.3 is 14.6 Å². The molecular weight excluding hydrogens is 493 g/mol. The van der Waals surface area contributed by atoms with E-state index >= 15 is 0 Å². The third kappa shape index (κ3) is 4.16. The second-order valence-corrected chi connectivity index (χ2v) is 9.61. The topological polar surface area (TPSA) is 64.3 Å². The number of methoxy groups -OCH3 is 1. The summed E-state index contributed by atoms with van der Waals surface area (Å²) in [5.74, 6) is 0.518. The molecule has 0 saturated heterocycles. The number of anilines is 2. The fourth-order valence-corrected chi connectivity index (χ4v) is 4.75. The Morgan fingerprint density at radius 1 is 0.972 bits per heavy atom. The minimum absolute atomic E-state index is 0.311. The summed E-state index contributed by atoms with van der Waals surface area (Å²) in [4.78, 5) is 14.4. The average molecular weight is 516 g/mol. The number of ether oxygens (including phenoxy) is 1. The number of hydrogen-bond acceptors (Lipinski definition) is 5. The highest BCUT2D eigenvalue weighted by molar-refractivity contribution is 6.42. The third-order valence-corrected chi connectivity index (χ3v) is 7.23. The van der Waals surface area contributed by atoms with Gasteiger partial charge in [0.05, 0.1) is 56.7 Å². The molecule has 1 fully saturated rings. The van der Waals surface area contributed by atoms with Crippen LogP contribution in [0.25, 0.3) is 28.1 Å². The molecule has 36 heavy (non-hydrogen) atoms. The molecule has 2 aromatic carbocycles. The van der Waals surface area contributed by atoms with Crippen LogP contribution in [-0.2, 0) is 0 Å². The summed E-state index contributed by atoms with van der Waals surface area (Å²) in [6.45, 7) is 0. The standard InChI is InChI=1S/C28H23Cl2N5O/c1-36-28-22(9-5-13-31-28)34-23-15-25-27(16-24(23)32-17-6-4-7-17)35(18-11-12-19(29)20(30)14-18)26-10-3-2-8-21(26)33-25/h2-3,5,8-17,34H,4,6-7H2,1H3/b32-24+. The molecule has 0 amide bonds. The number of pyridine rings is 1. The van der Waals surface area contributed by atoms with Gasteiger partial charge in [0.25, 0.3) is 0 Å². The van der Waals surface area contributed by atoms with Crippen molar-refractivity contribution in [3.63, 3.8) is 0 Å². The molecule has 6 rings (SSSR count). The first kappa shape index (κ1) is 22.8. The van der Waals surface area contributed by atoms with Crippen LogP contribution >= 0.6 is 23.2 Å². The van der Waals surface area contributed by atoms with Gasteiger partial charge in [-0.1, -0.05) is 35.3 Å². The molecule has 2 heterocycles. The lowest BCUT2D eigenvalue weighted by atomic mass is 9.94. The number of fused-ring (bicyclic) bond motifs is 2. The van der Waals surface area contributed by atoms with Crippen molar-refractivity contribution in [2.45, 2.75) is 25.3 Å². The summed E-state index contributed by atoms with van der Waals surface area (Å²) in [7, 11) is 1.61. The SMILES string of the molecule is COc1ncccc1Nc1cc2nc3ccccc3n(-c3ccc(Cl)c(Cl)c3)c-2c/c1=N\C1CCC1. The Morgan fingerprint density at radius 2 is 1.83 bits per heavy atom. The van der Waals surface area contributed by atoms with Crippen LogP contribution in [-0.4, -0.2) is 27.7 Å². The van der Waals surface area contributed by atoms with E-state index < -0.39 is 0 Å². The first-order chi connectivity index (χ1) is 17.6. The normalized spacial score (nSPS) is 14.2. The molecule has 6 nitrogen and oxygen atoms in total. The Morgan fingerprint density at radius 3 is 2.61 bits per heavy atom. The van der Waals surface area contributed by atoms with Gasteiger partial charge in [0.15, 0.2) is 0 Å². The first-order valence-corrected chi connectivity index (χ1v) is 12.6. The summed E-state index contributed by atoms with van der Waals surface area (Å²) in [5, 5.41) is 5.37. The van der Waals surface area contributed by atoms with Crippen molar-refractivity contribution in [3.05, 3.63) is 88.3 Å². The van der Waals surface area contributed by atoms with Crippen molar-refractivity contribution in [1.29, 1.82) is 0 Å². The van der Waals surface area contributed by atoms with Crippen molar-refractivity contribution in [2.75, 3.05) is 12.4 Å². The quantitative estimate of drug-likeness (QED) is 0.255. The van der Waals surface area contributed by atoms with Crippen LogP contribution in [0.4, 0.5) is 11.4 Å². The van der Waals surface area contributed by atoms with Crippen LogP contribution in [0.2, 0.25) is 10.0 Å². The fraction of sp³-hybridized carbons (Fsp3) is 0.179. The van der Waals surface area contributed by atoms with E-state index in [0.29, 0.717) is 22.0 Å². The van der Waals surface area contributed by atoms with E-state index in [2.05, 4.69) is 27.0 Å². The van der Waals surface area contributed by atoms with Crippen LogP contribution in [0.5, 0.6) is 5.88 Å². The Bertz CT molecular complexity index is 1630. The zero-order valence-corrected chi connectivity index (χ0v) is 21.1. The minimum atomic E-state index is 0.311. The van der Waals surface area contributed by atoms with Gasteiger partial charge in [0.2, 0.25) is 5.88 Å². The Balaban J connectivity index is 1.64. The maximum Gasteiger partial charge on any atom is 0.237 e. The number of nitrogens with one attached hydrogen (secondary N) is 1. The van der Waals surface area contributed by atoms with E-state index in [-0.39, 0.29) is 0 Å². The molecule has 180 valence electrons.